The Bertz CT molecular complexity index is 590. The highest BCUT2D eigenvalue weighted by molar-refractivity contribution is 7.96. The first-order valence-electron chi connectivity index (χ1n) is 5.73. The van der Waals surface area contributed by atoms with Gasteiger partial charge in [0.15, 0.2) is 11.5 Å². The molecule has 0 atom stereocenters. The van der Waals surface area contributed by atoms with Crippen LogP contribution in [-0.4, -0.2) is 16.8 Å². The van der Waals surface area contributed by atoms with Crippen molar-refractivity contribution in [1.29, 1.82) is 0 Å². The van der Waals surface area contributed by atoms with Crippen molar-refractivity contribution >= 4 is 29.0 Å². The monoisotopic (exact) mass is 264 g/mol. The standard InChI is InChI=1S/C13H16N2O2S/c1-8-15-10-6-9(4-5-11(10)17-8)13(2,3)7-14-12(16)18/h4-6H,7H2,1-3H3,(H2,14,16,18). The molecule has 0 saturated carbocycles. The molecule has 1 aromatic heterocycles. The summed E-state index contributed by atoms with van der Waals surface area (Å²) in [6.07, 6.45) is 0. The summed E-state index contributed by atoms with van der Waals surface area (Å²) < 4.78 is 5.44. The Morgan fingerprint density at radius 2 is 2.22 bits per heavy atom. The summed E-state index contributed by atoms with van der Waals surface area (Å²) in [4.78, 5) is 15.2. The molecule has 1 heterocycles. The van der Waals surface area contributed by atoms with Crippen LogP contribution in [0.5, 0.6) is 0 Å². The highest BCUT2D eigenvalue weighted by Gasteiger charge is 2.22. The maximum absolute atomic E-state index is 10.9. The number of thiol groups is 1. The van der Waals surface area contributed by atoms with Gasteiger partial charge in [-0.15, -0.1) is 0 Å². The van der Waals surface area contributed by atoms with E-state index in [1.165, 1.54) is 0 Å². The van der Waals surface area contributed by atoms with Crippen molar-refractivity contribution in [2.75, 3.05) is 6.54 Å². The fourth-order valence-electron chi connectivity index (χ4n) is 1.86. The smallest absolute Gasteiger partial charge is 0.276 e. The Labute approximate surface area is 111 Å². The van der Waals surface area contributed by atoms with Crippen molar-refractivity contribution < 1.29 is 9.21 Å². The van der Waals surface area contributed by atoms with Gasteiger partial charge in [0.25, 0.3) is 5.24 Å². The van der Waals surface area contributed by atoms with Crippen molar-refractivity contribution in [3.05, 3.63) is 29.7 Å². The van der Waals surface area contributed by atoms with Crippen LogP contribution in [0.2, 0.25) is 0 Å². The van der Waals surface area contributed by atoms with Crippen LogP contribution < -0.4 is 5.32 Å². The van der Waals surface area contributed by atoms with E-state index in [4.69, 9.17) is 4.42 Å². The van der Waals surface area contributed by atoms with Gasteiger partial charge in [-0.05, 0) is 17.7 Å². The number of aryl methyl sites for hydroxylation is 1. The molecule has 0 saturated heterocycles. The first kappa shape index (κ1) is 13.0. The zero-order chi connectivity index (χ0) is 13.3. The molecule has 4 nitrogen and oxygen atoms in total. The van der Waals surface area contributed by atoms with E-state index in [-0.39, 0.29) is 10.7 Å². The third-order valence-corrected chi connectivity index (χ3v) is 3.12. The normalized spacial score (nSPS) is 11.8. The first-order chi connectivity index (χ1) is 8.38. The molecule has 0 radical (unpaired) electrons. The maximum Gasteiger partial charge on any atom is 0.276 e. The Hall–Kier alpha value is -1.49. The fourth-order valence-corrected chi connectivity index (χ4v) is 1.94. The van der Waals surface area contributed by atoms with Gasteiger partial charge in [-0.3, -0.25) is 4.79 Å². The quantitative estimate of drug-likeness (QED) is 0.838. The summed E-state index contributed by atoms with van der Waals surface area (Å²) in [5.74, 6) is 0.656. The van der Waals surface area contributed by atoms with Gasteiger partial charge in [-0.25, -0.2) is 4.98 Å². The zero-order valence-corrected chi connectivity index (χ0v) is 11.5. The molecule has 2 rings (SSSR count). The number of amides is 1. The highest BCUT2D eigenvalue weighted by Crippen LogP contribution is 2.26. The van der Waals surface area contributed by atoms with Crippen LogP contribution in [0.4, 0.5) is 4.79 Å². The lowest BCUT2D eigenvalue weighted by Crippen LogP contribution is -2.34. The molecule has 0 spiro atoms. The molecular weight excluding hydrogens is 248 g/mol. The number of carbonyl (C=O) groups is 1. The van der Waals surface area contributed by atoms with Crippen LogP contribution in [-0.2, 0) is 5.41 Å². The minimum absolute atomic E-state index is 0.181. The number of benzene rings is 1. The predicted molar refractivity (Wildman–Crippen MR) is 74.2 cm³/mol. The summed E-state index contributed by atoms with van der Waals surface area (Å²) in [5.41, 5.74) is 2.55. The molecule has 1 amide bonds. The Morgan fingerprint density at radius 1 is 1.50 bits per heavy atom. The van der Waals surface area contributed by atoms with Crippen molar-refractivity contribution in [3.8, 4) is 0 Å². The number of nitrogens with zero attached hydrogens (tertiary/aromatic N) is 1. The summed E-state index contributed by atoms with van der Waals surface area (Å²) in [6.45, 7) is 6.47. The van der Waals surface area contributed by atoms with Crippen LogP contribution >= 0.6 is 12.6 Å². The molecule has 2 aromatic rings. The lowest BCUT2D eigenvalue weighted by atomic mass is 9.84. The van der Waals surface area contributed by atoms with E-state index < -0.39 is 0 Å². The van der Waals surface area contributed by atoms with E-state index in [0.717, 1.165) is 16.7 Å². The van der Waals surface area contributed by atoms with E-state index in [9.17, 15) is 4.79 Å². The van der Waals surface area contributed by atoms with Crippen LogP contribution in [0, 0.1) is 6.92 Å². The molecule has 1 aromatic carbocycles. The third kappa shape index (κ3) is 2.67. The Kier molecular flexibility index (Phi) is 3.34. The van der Waals surface area contributed by atoms with Gasteiger partial charge in [-0.1, -0.05) is 32.5 Å². The van der Waals surface area contributed by atoms with E-state index in [1.807, 2.05) is 25.1 Å². The molecule has 0 unspecified atom stereocenters. The zero-order valence-electron chi connectivity index (χ0n) is 10.7. The molecule has 0 aliphatic heterocycles. The summed E-state index contributed by atoms with van der Waals surface area (Å²) in [6, 6.07) is 5.91. The fraction of sp³-hybridized carbons (Fsp3) is 0.385. The Balaban J connectivity index is 2.31. The number of aromatic nitrogens is 1. The van der Waals surface area contributed by atoms with E-state index in [1.54, 1.807) is 0 Å². The van der Waals surface area contributed by atoms with Crippen LogP contribution in [0.3, 0.4) is 0 Å². The molecule has 1 N–H and O–H groups in total. The molecule has 0 aliphatic rings. The van der Waals surface area contributed by atoms with Crippen LogP contribution in [0.25, 0.3) is 11.1 Å². The summed E-state index contributed by atoms with van der Waals surface area (Å²) in [7, 11) is 0. The SMILES string of the molecule is Cc1nc2cc(C(C)(C)CNC(=O)S)ccc2o1. The summed E-state index contributed by atoms with van der Waals surface area (Å²) >= 11 is 3.71. The van der Waals surface area contributed by atoms with Gasteiger partial charge in [0.1, 0.15) is 5.52 Å². The third-order valence-electron chi connectivity index (χ3n) is 2.96. The largest absolute Gasteiger partial charge is 0.441 e. The second-order valence-corrected chi connectivity index (χ2v) is 5.36. The average Bonchev–Trinajstić information content (AvgIpc) is 2.65. The molecular formula is C13H16N2O2S. The van der Waals surface area contributed by atoms with E-state index in [2.05, 4.69) is 36.8 Å². The van der Waals surface area contributed by atoms with Gasteiger partial charge in [0.05, 0.1) is 0 Å². The minimum atomic E-state index is -0.318. The number of nitrogens with one attached hydrogen (secondary N) is 1. The number of fused-ring (bicyclic) bond motifs is 1. The predicted octanol–water partition coefficient (Wildman–Crippen LogP) is 3.05. The van der Waals surface area contributed by atoms with Crippen molar-refractivity contribution in [2.45, 2.75) is 26.2 Å². The second kappa shape index (κ2) is 4.65. The van der Waals surface area contributed by atoms with Gasteiger partial charge in [0.2, 0.25) is 0 Å². The van der Waals surface area contributed by atoms with Gasteiger partial charge < -0.3 is 9.73 Å². The second-order valence-electron chi connectivity index (χ2n) is 4.96. The molecule has 0 aliphatic carbocycles. The average molecular weight is 264 g/mol. The first-order valence-corrected chi connectivity index (χ1v) is 6.18. The number of hydrogen-bond donors (Lipinski definition) is 2. The van der Waals surface area contributed by atoms with E-state index in [0.29, 0.717) is 12.4 Å². The molecule has 0 fully saturated rings. The highest BCUT2D eigenvalue weighted by atomic mass is 32.1. The molecule has 0 bridgehead atoms. The van der Waals surface area contributed by atoms with Crippen molar-refractivity contribution in [3.63, 3.8) is 0 Å². The number of oxazole rings is 1. The molecule has 5 heteroatoms. The van der Waals surface area contributed by atoms with Gasteiger partial charge in [-0.2, -0.15) is 0 Å². The topological polar surface area (TPSA) is 55.1 Å². The van der Waals surface area contributed by atoms with E-state index >= 15 is 0 Å². The van der Waals surface area contributed by atoms with Crippen molar-refractivity contribution in [1.82, 2.24) is 10.3 Å². The number of rotatable bonds is 3. The minimum Gasteiger partial charge on any atom is -0.441 e. The number of hydrogen-bond acceptors (Lipinski definition) is 3. The summed E-state index contributed by atoms with van der Waals surface area (Å²) in [5, 5.41) is 2.40. The maximum atomic E-state index is 10.9. The molecule has 96 valence electrons. The number of carbonyl (C=O) groups excluding carboxylic acids is 1. The van der Waals surface area contributed by atoms with Crippen LogP contribution in [0.15, 0.2) is 22.6 Å². The lowest BCUT2D eigenvalue weighted by molar-refractivity contribution is 0.259. The lowest BCUT2D eigenvalue weighted by Gasteiger charge is -2.25. The van der Waals surface area contributed by atoms with Gasteiger partial charge in [0, 0.05) is 18.9 Å². The Morgan fingerprint density at radius 3 is 2.89 bits per heavy atom. The van der Waals surface area contributed by atoms with Crippen LogP contribution in [0.1, 0.15) is 25.3 Å². The van der Waals surface area contributed by atoms with Gasteiger partial charge >= 0.3 is 0 Å². The molecule has 18 heavy (non-hydrogen) atoms. The van der Waals surface area contributed by atoms with Crippen molar-refractivity contribution in [2.24, 2.45) is 0 Å².